The lowest BCUT2D eigenvalue weighted by Gasteiger charge is -2.08. The van der Waals surface area contributed by atoms with Gasteiger partial charge in [0.15, 0.2) is 5.78 Å². The van der Waals surface area contributed by atoms with Gasteiger partial charge in [0.25, 0.3) is 0 Å². The summed E-state index contributed by atoms with van der Waals surface area (Å²) in [6.07, 6.45) is 0.710. The Morgan fingerprint density at radius 1 is 1.10 bits per heavy atom. The minimum atomic E-state index is -0.549. The lowest BCUT2D eigenvalue weighted by molar-refractivity contribution is -0.116. The predicted octanol–water partition coefficient (Wildman–Crippen LogP) is 4.24. The number of amides is 1. The number of methoxy groups -OCH3 is 1. The Morgan fingerprint density at radius 2 is 1.76 bits per heavy atom. The number of ether oxygens (including phenoxy) is 3. The van der Waals surface area contributed by atoms with E-state index in [9.17, 15) is 14.4 Å². The van der Waals surface area contributed by atoms with Gasteiger partial charge in [-0.1, -0.05) is 0 Å². The first-order valence-electron chi connectivity index (χ1n) is 9.25. The third kappa shape index (κ3) is 6.05. The number of benzene rings is 1. The molecule has 2 aromatic rings. The molecule has 0 saturated carbocycles. The lowest BCUT2D eigenvalue weighted by Crippen LogP contribution is -2.15. The summed E-state index contributed by atoms with van der Waals surface area (Å²) in [5, 5.41) is 3.07. The van der Waals surface area contributed by atoms with Crippen LogP contribution in [0.1, 0.15) is 52.3 Å². The number of carbonyl (C=O) groups is 3. The van der Waals surface area contributed by atoms with Crippen LogP contribution in [0.25, 0.3) is 0 Å². The minimum absolute atomic E-state index is 0.161. The number of anilines is 1. The highest BCUT2D eigenvalue weighted by Gasteiger charge is 2.25. The molecule has 7 nitrogen and oxygen atoms in total. The molecule has 0 unspecified atom stereocenters. The van der Waals surface area contributed by atoms with Crippen molar-refractivity contribution in [3.63, 3.8) is 0 Å². The monoisotopic (exact) mass is 419 g/mol. The number of nitrogens with one attached hydrogen (secondary N) is 1. The second-order valence-electron chi connectivity index (χ2n) is 6.21. The highest BCUT2D eigenvalue weighted by atomic mass is 32.1. The maximum Gasteiger partial charge on any atom is 0.341 e. The van der Waals surface area contributed by atoms with E-state index in [0.29, 0.717) is 34.2 Å². The molecule has 1 heterocycles. The van der Waals surface area contributed by atoms with Crippen LogP contribution in [0.5, 0.6) is 11.5 Å². The number of ketones is 1. The average Bonchev–Trinajstić information content (AvgIpc) is 3.02. The Morgan fingerprint density at radius 3 is 2.34 bits per heavy atom. The average molecular weight is 419 g/mol. The van der Waals surface area contributed by atoms with Crippen LogP contribution in [0.4, 0.5) is 5.00 Å². The number of thiophene rings is 1. The van der Waals surface area contributed by atoms with Gasteiger partial charge < -0.3 is 19.5 Å². The van der Waals surface area contributed by atoms with Crippen molar-refractivity contribution >= 4 is 34.0 Å². The number of Topliss-reactive ketones (excluding diaryl/α,β-unsaturated/α-hetero) is 1. The Labute approximate surface area is 174 Å². The SMILES string of the molecule is CCOC(=O)c1c(NC(=O)CCCOc2ccc(OC)cc2)sc(C(C)=O)c1C. The molecule has 0 saturated heterocycles. The molecule has 1 amide bonds. The standard InChI is InChI=1S/C21H25NO6S/c1-5-27-21(25)18-13(2)19(14(3)23)29-20(18)22-17(24)7-6-12-28-16-10-8-15(26-4)9-11-16/h8-11H,5-7,12H2,1-4H3,(H,22,24). The summed E-state index contributed by atoms with van der Waals surface area (Å²) in [5.74, 6) is 0.463. The molecule has 2 rings (SSSR count). The molecule has 0 aliphatic rings. The van der Waals surface area contributed by atoms with Crippen LogP contribution in [0.15, 0.2) is 24.3 Å². The summed E-state index contributed by atoms with van der Waals surface area (Å²) >= 11 is 1.09. The second-order valence-corrected chi connectivity index (χ2v) is 7.23. The maximum atomic E-state index is 12.3. The Bertz CT molecular complexity index is 872. The van der Waals surface area contributed by atoms with Crippen LogP contribution in [0, 0.1) is 6.92 Å². The van der Waals surface area contributed by atoms with Gasteiger partial charge in [0.2, 0.25) is 5.91 Å². The lowest BCUT2D eigenvalue weighted by atomic mass is 10.1. The fraction of sp³-hybridized carbons (Fsp3) is 0.381. The zero-order valence-electron chi connectivity index (χ0n) is 17.0. The predicted molar refractivity (Wildman–Crippen MR) is 111 cm³/mol. The van der Waals surface area contributed by atoms with Crippen LogP contribution in [-0.4, -0.2) is 38.0 Å². The molecular weight excluding hydrogens is 394 g/mol. The highest BCUT2D eigenvalue weighted by Crippen LogP contribution is 2.34. The van der Waals surface area contributed by atoms with E-state index in [1.54, 1.807) is 45.2 Å². The molecule has 0 radical (unpaired) electrons. The molecule has 8 heteroatoms. The number of esters is 1. The van der Waals surface area contributed by atoms with Crippen molar-refractivity contribution in [2.45, 2.75) is 33.6 Å². The second kappa shape index (κ2) is 10.6. The quantitative estimate of drug-likeness (QED) is 0.352. The van der Waals surface area contributed by atoms with Gasteiger partial charge in [-0.15, -0.1) is 11.3 Å². The molecule has 0 aliphatic carbocycles. The van der Waals surface area contributed by atoms with Gasteiger partial charge in [0.1, 0.15) is 16.5 Å². The number of carbonyl (C=O) groups excluding carboxylic acids is 3. The topological polar surface area (TPSA) is 90.9 Å². The Balaban J connectivity index is 1.94. The van der Waals surface area contributed by atoms with Crippen LogP contribution < -0.4 is 14.8 Å². The number of hydrogen-bond donors (Lipinski definition) is 1. The van der Waals surface area contributed by atoms with Crippen molar-refractivity contribution in [3.05, 3.63) is 40.3 Å². The molecule has 1 N–H and O–H groups in total. The maximum absolute atomic E-state index is 12.3. The van der Waals surface area contributed by atoms with Crippen LogP contribution in [0.2, 0.25) is 0 Å². The van der Waals surface area contributed by atoms with Crippen LogP contribution in [-0.2, 0) is 9.53 Å². The summed E-state index contributed by atoms with van der Waals surface area (Å²) in [5.41, 5.74) is 0.768. The van der Waals surface area contributed by atoms with Gasteiger partial charge in [-0.2, -0.15) is 0 Å². The van der Waals surface area contributed by atoms with Crippen molar-refractivity contribution in [3.8, 4) is 11.5 Å². The zero-order valence-corrected chi connectivity index (χ0v) is 17.8. The van der Waals surface area contributed by atoms with Crippen molar-refractivity contribution in [2.24, 2.45) is 0 Å². The summed E-state index contributed by atoms with van der Waals surface area (Å²) in [6.45, 7) is 5.38. The fourth-order valence-corrected chi connectivity index (χ4v) is 3.78. The minimum Gasteiger partial charge on any atom is -0.497 e. The molecule has 0 aliphatic heterocycles. The van der Waals surface area contributed by atoms with E-state index in [2.05, 4.69) is 5.32 Å². The molecule has 156 valence electrons. The highest BCUT2D eigenvalue weighted by molar-refractivity contribution is 7.18. The van der Waals surface area contributed by atoms with Gasteiger partial charge in [0, 0.05) is 6.42 Å². The van der Waals surface area contributed by atoms with Crippen LogP contribution in [0.3, 0.4) is 0 Å². The summed E-state index contributed by atoms with van der Waals surface area (Å²) in [7, 11) is 1.59. The molecule has 1 aromatic carbocycles. The third-order valence-electron chi connectivity index (χ3n) is 4.08. The molecule has 1 aromatic heterocycles. The fourth-order valence-electron chi connectivity index (χ4n) is 2.67. The van der Waals surface area contributed by atoms with Gasteiger partial charge in [0.05, 0.1) is 30.8 Å². The molecule has 0 bridgehead atoms. The first-order valence-corrected chi connectivity index (χ1v) is 10.1. The largest absolute Gasteiger partial charge is 0.497 e. The first kappa shape index (κ1) is 22.4. The van der Waals surface area contributed by atoms with Crippen molar-refractivity contribution < 1.29 is 28.6 Å². The smallest absolute Gasteiger partial charge is 0.341 e. The summed E-state index contributed by atoms with van der Waals surface area (Å²) < 4.78 is 15.8. The Hall–Kier alpha value is -2.87. The van der Waals surface area contributed by atoms with E-state index >= 15 is 0 Å². The van der Waals surface area contributed by atoms with E-state index in [1.165, 1.54) is 6.92 Å². The number of rotatable bonds is 10. The van der Waals surface area contributed by atoms with Gasteiger partial charge >= 0.3 is 5.97 Å². The molecule has 29 heavy (non-hydrogen) atoms. The van der Waals surface area contributed by atoms with Crippen molar-refractivity contribution in [1.82, 2.24) is 0 Å². The van der Waals surface area contributed by atoms with E-state index in [4.69, 9.17) is 14.2 Å². The van der Waals surface area contributed by atoms with Gasteiger partial charge in [-0.05, 0) is 57.0 Å². The van der Waals surface area contributed by atoms with Gasteiger partial charge in [-0.25, -0.2) is 4.79 Å². The molecule has 0 atom stereocenters. The molecule has 0 fully saturated rings. The van der Waals surface area contributed by atoms with E-state index in [0.717, 1.165) is 17.1 Å². The summed E-state index contributed by atoms with van der Waals surface area (Å²) in [6, 6.07) is 7.18. The normalized spacial score (nSPS) is 10.3. The third-order valence-corrected chi connectivity index (χ3v) is 5.38. The van der Waals surface area contributed by atoms with Gasteiger partial charge in [-0.3, -0.25) is 9.59 Å². The number of hydrogen-bond acceptors (Lipinski definition) is 7. The Kier molecular flexibility index (Phi) is 8.21. The van der Waals surface area contributed by atoms with Crippen molar-refractivity contribution in [1.29, 1.82) is 0 Å². The van der Waals surface area contributed by atoms with Crippen molar-refractivity contribution in [2.75, 3.05) is 25.6 Å². The van der Waals surface area contributed by atoms with E-state index < -0.39 is 5.97 Å². The zero-order chi connectivity index (χ0) is 21.4. The van der Waals surface area contributed by atoms with E-state index in [-0.39, 0.29) is 30.3 Å². The molecule has 0 spiro atoms. The van der Waals surface area contributed by atoms with Crippen LogP contribution >= 0.6 is 11.3 Å². The first-order chi connectivity index (χ1) is 13.9. The molecular formula is C21H25NO6S. The van der Waals surface area contributed by atoms with E-state index in [1.807, 2.05) is 0 Å². The summed E-state index contributed by atoms with van der Waals surface area (Å²) in [4.78, 5) is 36.8.